The van der Waals surface area contributed by atoms with Gasteiger partial charge in [0, 0.05) is 24.8 Å². The Morgan fingerprint density at radius 1 is 1.14 bits per heavy atom. The summed E-state index contributed by atoms with van der Waals surface area (Å²) in [6.07, 6.45) is 6.79. The lowest BCUT2D eigenvalue weighted by atomic mass is 10.0. The molecule has 0 spiro atoms. The van der Waals surface area contributed by atoms with Crippen molar-refractivity contribution < 1.29 is 14.3 Å². The molecular weight excluding hydrogens is 446 g/mol. The lowest BCUT2D eigenvalue weighted by molar-refractivity contribution is -0.117. The Labute approximate surface area is 201 Å². The fraction of sp³-hybridized carbons (Fsp3) is 0.240. The van der Waals surface area contributed by atoms with Gasteiger partial charge in [-0.2, -0.15) is 0 Å². The predicted molar refractivity (Wildman–Crippen MR) is 128 cm³/mol. The number of carbonyl (C=O) groups is 1. The first-order valence-corrected chi connectivity index (χ1v) is 11.3. The summed E-state index contributed by atoms with van der Waals surface area (Å²) in [6, 6.07) is 11.6. The van der Waals surface area contributed by atoms with Crippen molar-refractivity contribution in [3.8, 4) is 23.1 Å². The van der Waals surface area contributed by atoms with Crippen molar-refractivity contribution in [1.82, 2.24) is 29.3 Å². The Bertz CT molecular complexity index is 1470. The van der Waals surface area contributed by atoms with E-state index in [2.05, 4.69) is 15.1 Å². The van der Waals surface area contributed by atoms with Crippen LogP contribution < -0.4 is 9.64 Å². The van der Waals surface area contributed by atoms with Gasteiger partial charge >= 0.3 is 0 Å². The normalized spacial score (nSPS) is 15.1. The topological polar surface area (TPSA) is 100 Å². The van der Waals surface area contributed by atoms with E-state index in [1.165, 1.54) is 0 Å². The number of amides is 1. The van der Waals surface area contributed by atoms with Gasteiger partial charge in [0.25, 0.3) is 0 Å². The third kappa shape index (κ3) is 3.72. The van der Waals surface area contributed by atoms with Crippen LogP contribution in [-0.4, -0.2) is 48.9 Å². The predicted octanol–water partition coefficient (Wildman–Crippen LogP) is 3.35. The zero-order valence-electron chi connectivity index (χ0n) is 19.4. The standard InChI is InChI=1S/C25H23N7O3/c1-16-12-30(14-26-16)21-9-8-20(27-25(21)34-2)23-28-24-19(13-35-15-32(24)29-23)17-5-3-6-18(11-17)31-10-4-7-22(31)33/h3,5-6,8-9,11-14H,4,7,10,15H2,1-2H3. The van der Waals surface area contributed by atoms with Crippen molar-refractivity contribution in [2.75, 3.05) is 18.6 Å². The molecule has 10 nitrogen and oxygen atoms in total. The minimum atomic E-state index is 0.149. The highest BCUT2D eigenvalue weighted by molar-refractivity contribution is 5.96. The average Bonchev–Trinajstić information content (AvgIpc) is 3.63. The monoisotopic (exact) mass is 469 g/mol. The van der Waals surface area contributed by atoms with Crippen LogP contribution in [0.5, 0.6) is 5.88 Å². The van der Waals surface area contributed by atoms with Crippen molar-refractivity contribution in [2.45, 2.75) is 26.5 Å². The number of fused-ring (bicyclic) bond motifs is 1. The van der Waals surface area contributed by atoms with E-state index < -0.39 is 0 Å². The summed E-state index contributed by atoms with van der Waals surface area (Å²) in [7, 11) is 1.58. The van der Waals surface area contributed by atoms with E-state index in [1.807, 2.05) is 59.0 Å². The number of aryl methyl sites for hydroxylation is 1. The molecule has 5 heterocycles. The van der Waals surface area contributed by atoms with Gasteiger partial charge in [0.2, 0.25) is 17.6 Å². The maximum atomic E-state index is 12.2. The third-order valence-corrected chi connectivity index (χ3v) is 6.11. The van der Waals surface area contributed by atoms with Crippen LogP contribution in [0.2, 0.25) is 0 Å². The Morgan fingerprint density at radius 2 is 2.06 bits per heavy atom. The second kappa shape index (κ2) is 8.39. The highest BCUT2D eigenvalue weighted by atomic mass is 16.5. The van der Waals surface area contributed by atoms with Crippen LogP contribution in [0.1, 0.15) is 29.9 Å². The maximum Gasteiger partial charge on any atom is 0.238 e. The molecule has 3 aromatic heterocycles. The lowest BCUT2D eigenvalue weighted by Gasteiger charge is -2.19. The van der Waals surface area contributed by atoms with Gasteiger partial charge in [0.05, 0.1) is 31.0 Å². The van der Waals surface area contributed by atoms with Crippen LogP contribution in [0.3, 0.4) is 0 Å². The van der Waals surface area contributed by atoms with Crippen molar-refractivity contribution >= 4 is 17.2 Å². The molecule has 2 aliphatic heterocycles. The molecule has 0 bridgehead atoms. The lowest BCUT2D eigenvalue weighted by Crippen LogP contribution is -2.23. The molecule has 1 amide bonds. The van der Waals surface area contributed by atoms with Gasteiger partial charge in [0.1, 0.15) is 11.4 Å². The Hall–Kier alpha value is -4.47. The second-order valence-electron chi connectivity index (χ2n) is 8.43. The number of aromatic nitrogens is 6. The number of benzene rings is 1. The van der Waals surface area contributed by atoms with E-state index in [0.29, 0.717) is 29.6 Å². The van der Waals surface area contributed by atoms with Crippen LogP contribution in [0, 0.1) is 6.92 Å². The minimum absolute atomic E-state index is 0.149. The smallest absolute Gasteiger partial charge is 0.238 e. The number of ether oxygens (including phenoxy) is 2. The molecule has 0 aliphatic carbocycles. The molecule has 176 valence electrons. The first-order chi connectivity index (χ1) is 17.1. The molecule has 1 aromatic carbocycles. The molecule has 1 fully saturated rings. The van der Waals surface area contributed by atoms with E-state index >= 15 is 0 Å². The number of nitrogens with zero attached hydrogens (tertiary/aromatic N) is 7. The van der Waals surface area contributed by atoms with Crippen molar-refractivity contribution in [1.29, 1.82) is 0 Å². The van der Waals surface area contributed by atoms with Gasteiger partial charge in [0.15, 0.2) is 12.6 Å². The van der Waals surface area contributed by atoms with Gasteiger partial charge in [-0.05, 0) is 43.2 Å². The fourth-order valence-electron chi connectivity index (χ4n) is 4.40. The van der Waals surface area contributed by atoms with Crippen LogP contribution in [-0.2, 0) is 16.3 Å². The quantitative estimate of drug-likeness (QED) is 0.442. The van der Waals surface area contributed by atoms with Crippen LogP contribution in [0.4, 0.5) is 5.69 Å². The number of carbonyl (C=O) groups excluding carboxylic acids is 1. The molecule has 0 saturated carbocycles. The summed E-state index contributed by atoms with van der Waals surface area (Å²) in [4.78, 5) is 27.8. The van der Waals surface area contributed by atoms with Crippen LogP contribution in [0.15, 0.2) is 55.2 Å². The minimum Gasteiger partial charge on any atom is -0.479 e. The van der Waals surface area contributed by atoms with Gasteiger partial charge in [-0.25, -0.2) is 19.6 Å². The number of anilines is 1. The van der Waals surface area contributed by atoms with E-state index in [0.717, 1.165) is 41.2 Å². The Kier molecular flexibility index (Phi) is 5.05. The van der Waals surface area contributed by atoms with Crippen molar-refractivity contribution in [2.24, 2.45) is 0 Å². The highest BCUT2D eigenvalue weighted by Crippen LogP contribution is 2.32. The summed E-state index contributed by atoms with van der Waals surface area (Å²) >= 11 is 0. The van der Waals surface area contributed by atoms with Crippen LogP contribution >= 0.6 is 0 Å². The Balaban J connectivity index is 1.35. The average molecular weight is 470 g/mol. The number of hydrogen-bond donors (Lipinski definition) is 0. The summed E-state index contributed by atoms with van der Waals surface area (Å²) in [5.74, 6) is 1.73. The molecule has 10 heteroatoms. The van der Waals surface area contributed by atoms with E-state index in [9.17, 15) is 4.79 Å². The third-order valence-electron chi connectivity index (χ3n) is 6.11. The van der Waals surface area contributed by atoms with Crippen LogP contribution in [0.25, 0.3) is 22.8 Å². The zero-order chi connectivity index (χ0) is 23.9. The molecule has 35 heavy (non-hydrogen) atoms. The van der Waals surface area contributed by atoms with E-state index in [4.69, 9.17) is 14.5 Å². The molecule has 0 atom stereocenters. The molecule has 4 aromatic rings. The number of imidazole rings is 1. The molecule has 6 rings (SSSR count). The summed E-state index contributed by atoms with van der Waals surface area (Å²) < 4.78 is 14.8. The van der Waals surface area contributed by atoms with E-state index in [-0.39, 0.29) is 12.6 Å². The van der Waals surface area contributed by atoms with Gasteiger partial charge in [-0.3, -0.25) is 4.79 Å². The Morgan fingerprint density at radius 3 is 2.83 bits per heavy atom. The summed E-state index contributed by atoms with van der Waals surface area (Å²) in [5, 5.41) is 4.63. The molecule has 1 saturated heterocycles. The second-order valence-corrected chi connectivity index (χ2v) is 8.43. The van der Waals surface area contributed by atoms with Gasteiger partial charge in [-0.1, -0.05) is 12.1 Å². The molecule has 0 radical (unpaired) electrons. The summed E-state index contributed by atoms with van der Waals surface area (Å²) in [6.45, 7) is 2.91. The number of hydrogen-bond acceptors (Lipinski definition) is 7. The molecular formula is C25H23N7O3. The van der Waals surface area contributed by atoms with Crippen molar-refractivity contribution in [3.05, 3.63) is 72.3 Å². The maximum absolute atomic E-state index is 12.2. The summed E-state index contributed by atoms with van der Waals surface area (Å²) in [5.41, 5.74) is 4.83. The molecule has 2 aliphatic rings. The highest BCUT2D eigenvalue weighted by Gasteiger charge is 2.25. The van der Waals surface area contributed by atoms with Crippen molar-refractivity contribution in [3.63, 3.8) is 0 Å². The van der Waals surface area contributed by atoms with Gasteiger partial charge < -0.3 is 18.9 Å². The number of methoxy groups -OCH3 is 1. The SMILES string of the molecule is COc1nc(-c2nc3n(n2)COC=C3c2cccc(N3CCCC3=O)c2)ccc1-n1cnc(C)c1. The number of rotatable bonds is 5. The fourth-order valence-corrected chi connectivity index (χ4v) is 4.40. The number of pyridine rings is 1. The first kappa shape index (κ1) is 21.1. The largest absolute Gasteiger partial charge is 0.479 e. The first-order valence-electron chi connectivity index (χ1n) is 11.3. The van der Waals surface area contributed by atoms with E-state index in [1.54, 1.807) is 24.4 Å². The zero-order valence-corrected chi connectivity index (χ0v) is 19.4. The van der Waals surface area contributed by atoms with Gasteiger partial charge in [-0.15, -0.1) is 5.10 Å². The molecule has 0 N–H and O–H groups in total. The molecule has 0 unspecified atom stereocenters.